The molecule has 6 nitrogen and oxygen atoms in total. The molecule has 0 radical (unpaired) electrons. The maximum absolute atomic E-state index is 11.8. The zero-order valence-electron chi connectivity index (χ0n) is 11.5. The zero-order valence-corrected chi connectivity index (χ0v) is 11.5. The summed E-state index contributed by atoms with van der Waals surface area (Å²) in [5, 5.41) is 5.67. The third kappa shape index (κ3) is 3.45. The molecular formula is C13H23N3O3. The van der Waals surface area contributed by atoms with Gasteiger partial charge in [-0.05, 0) is 12.8 Å². The van der Waals surface area contributed by atoms with Crippen LogP contribution in [0, 0.1) is 0 Å². The molecule has 6 heteroatoms. The van der Waals surface area contributed by atoms with Crippen LogP contribution in [-0.2, 0) is 9.53 Å². The van der Waals surface area contributed by atoms with Gasteiger partial charge in [0.1, 0.15) is 0 Å². The van der Waals surface area contributed by atoms with E-state index in [-0.39, 0.29) is 18.0 Å². The Bertz CT molecular complexity index is 332. The molecule has 1 saturated carbocycles. The molecule has 2 aliphatic rings. The van der Waals surface area contributed by atoms with Gasteiger partial charge in [0.2, 0.25) is 5.91 Å². The van der Waals surface area contributed by atoms with Crippen LogP contribution in [-0.4, -0.2) is 55.7 Å². The second-order valence-electron chi connectivity index (χ2n) is 5.42. The van der Waals surface area contributed by atoms with Gasteiger partial charge in [-0.3, -0.25) is 15.0 Å². The molecule has 0 atom stereocenters. The van der Waals surface area contributed by atoms with Gasteiger partial charge in [-0.2, -0.15) is 0 Å². The van der Waals surface area contributed by atoms with Crippen LogP contribution in [0.1, 0.15) is 32.1 Å². The van der Waals surface area contributed by atoms with E-state index < -0.39 is 6.09 Å². The fraction of sp³-hybridized carbons (Fsp3) is 0.846. The highest BCUT2D eigenvalue weighted by Gasteiger charge is 2.40. The van der Waals surface area contributed by atoms with Gasteiger partial charge in [-0.25, -0.2) is 4.79 Å². The Morgan fingerprint density at radius 3 is 2.74 bits per heavy atom. The van der Waals surface area contributed by atoms with E-state index in [4.69, 9.17) is 0 Å². The maximum atomic E-state index is 11.8. The summed E-state index contributed by atoms with van der Waals surface area (Å²) in [4.78, 5) is 25.1. The number of carbonyl (C=O) groups excluding carboxylic acids is 2. The van der Waals surface area contributed by atoms with E-state index in [9.17, 15) is 9.59 Å². The first kappa shape index (κ1) is 14.3. The highest BCUT2D eigenvalue weighted by Crippen LogP contribution is 2.34. The molecule has 108 valence electrons. The Morgan fingerprint density at radius 1 is 1.32 bits per heavy atom. The van der Waals surface area contributed by atoms with Crippen molar-refractivity contribution in [3.05, 3.63) is 0 Å². The molecule has 19 heavy (non-hydrogen) atoms. The van der Waals surface area contributed by atoms with E-state index in [1.54, 1.807) is 0 Å². The molecule has 0 aromatic rings. The molecule has 1 heterocycles. The average molecular weight is 269 g/mol. The van der Waals surface area contributed by atoms with Crippen LogP contribution < -0.4 is 10.6 Å². The van der Waals surface area contributed by atoms with Crippen molar-refractivity contribution >= 4 is 12.0 Å². The highest BCUT2D eigenvalue weighted by molar-refractivity contribution is 5.92. The molecule has 2 fully saturated rings. The van der Waals surface area contributed by atoms with Crippen LogP contribution >= 0.6 is 0 Å². The molecule has 1 spiro atoms. The van der Waals surface area contributed by atoms with Gasteiger partial charge in [-0.1, -0.05) is 19.3 Å². The number of alkyl carbamates (subject to hydrolysis) is 1. The summed E-state index contributed by atoms with van der Waals surface area (Å²) < 4.78 is 4.45. The Labute approximate surface area is 113 Å². The number of hydrogen-bond donors (Lipinski definition) is 2. The lowest BCUT2D eigenvalue weighted by molar-refractivity contribution is -0.124. The lowest BCUT2D eigenvalue weighted by Gasteiger charge is -2.49. The number of ether oxygens (including phenoxy) is 1. The quantitative estimate of drug-likeness (QED) is 0.763. The van der Waals surface area contributed by atoms with E-state index in [0.717, 1.165) is 32.5 Å². The van der Waals surface area contributed by atoms with Crippen molar-refractivity contribution in [2.75, 3.05) is 33.3 Å². The summed E-state index contributed by atoms with van der Waals surface area (Å²) in [6, 6.07) is 0. The number of nitrogens with zero attached hydrogens (tertiary/aromatic N) is 1. The number of amides is 2. The third-order valence-electron chi connectivity index (χ3n) is 4.23. The fourth-order valence-electron chi connectivity index (χ4n) is 3.21. The van der Waals surface area contributed by atoms with Crippen molar-refractivity contribution in [2.45, 2.75) is 37.6 Å². The summed E-state index contributed by atoms with van der Waals surface area (Å²) in [6.45, 7) is 2.97. The Kier molecular flexibility index (Phi) is 4.76. The number of methoxy groups -OCH3 is 1. The molecule has 2 amide bonds. The summed E-state index contributed by atoms with van der Waals surface area (Å²) in [6.07, 6.45) is 5.30. The maximum Gasteiger partial charge on any atom is 0.413 e. The van der Waals surface area contributed by atoms with Crippen molar-refractivity contribution < 1.29 is 14.3 Å². The van der Waals surface area contributed by atoms with Gasteiger partial charge < -0.3 is 10.1 Å². The van der Waals surface area contributed by atoms with Crippen molar-refractivity contribution in [3.63, 3.8) is 0 Å². The molecule has 2 rings (SSSR count). The SMILES string of the molecule is COC(=O)NC(=O)CN1CCNCC12CCCCC2. The van der Waals surface area contributed by atoms with Crippen molar-refractivity contribution in [1.82, 2.24) is 15.5 Å². The Morgan fingerprint density at radius 2 is 2.05 bits per heavy atom. The normalized spacial score (nSPS) is 23.0. The van der Waals surface area contributed by atoms with E-state index in [1.807, 2.05) is 0 Å². The minimum absolute atomic E-state index is 0.101. The average Bonchev–Trinajstić information content (AvgIpc) is 2.42. The van der Waals surface area contributed by atoms with Gasteiger partial charge in [0.05, 0.1) is 13.7 Å². The molecule has 1 saturated heterocycles. The standard InChI is InChI=1S/C13H23N3O3/c1-19-12(18)15-11(17)9-16-8-7-14-10-13(16)5-3-2-4-6-13/h14H,2-10H2,1H3,(H,15,17,18). The van der Waals surface area contributed by atoms with E-state index >= 15 is 0 Å². The van der Waals surface area contributed by atoms with E-state index in [1.165, 1.54) is 26.4 Å². The number of nitrogens with one attached hydrogen (secondary N) is 2. The van der Waals surface area contributed by atoms with Crippen LogP contribution in [0.5, 0.6) is 0 Å². The molecule has 0 unspecified atom stereocenters. The lowest BCUT2D eigenvalue weighted by atomic mass is 9.79. The van der Waals surface area contributed by atoms with Gasteiger partial charge in [0, 0.05) is 25.2 Å². The summed E-state index contributed by atoms with van der Waals surface area (Å²) in [5.74, 6) is -0.279. The second kappa shape index (κ2) is 6.34. The largest absolute Gasteiger partial charge is 0.453 e. The molecule has 0 aromatic carbocycles. The van der Waals surface area contributed by atoms with Gasteiger partial charge in [0.15, 0.2) is 0 Å². The molecule has 0 aromatic heterocycles. The first-order valence-corrected chi connectivity index (χ1v) is 7.00. The summed E-state index contributed by atoms with van der Waals surface area (Å²) in [5.41, 5.74) is 0.101. The minimum atomic E-state index is -0.683. The van der Waals surface area contributed by atoms with Crippen LogP contribution in [0.3, 0.4) is 0 Å². The van der Waals surface area contributed by atoms with Crippen LogP contribution in [0.4, 0.5) is 4.79 Å². The van der Waals surface area contributed by atoms with Gasteiger partial charge >= 0.3 is 6.09 Å². The fourth-order valence-corrected chi connectivity index (χ4v) is 3.21. The van der Waals surface area contributed by atoms with Crippen LogP contribution in [0.2, 0.25) is 0 Å². The Balaban J connectivity index is 1.95. The first-order chi connectivity index (χ1) is 9.16. The summed E-state index contributed by atoms with van der Waals surface area (Å²) in [7, 11) is 1.26. The molecule has 2 N–H and O–H groups in total. The molecule has 1 aliphatic heterocycles. The number of hydrogen-bond acceptors (Lipinski definition) is 5. The van der Waals surface area contributed by atoms with Gasteiger partial charge in [0.25, 0.3) is 0 Å². The minimum Gasteiger partial charge on any atom is -0.453 e. The monoisotopic (exact) mass is 269 g/mol. The number of piperazine rings is 1. The van der Waals surface area contributed by atoms with Gasteiger partial charge in [-0.15, -0.1) is 0 Å². The number of imide groups is 1. The number of rotatable bonds is 2. The predicted molar refractivity (Wildman–Crippen MR) is 70.8 cm³/mol. The summed E-state index contributed by atoms with van der Waals surface area (Å²) >= 11 is 0. The topological polar surface area (TPSA) is 70.7 Å². The smallest absolute Gasteiger partial charge is 0.413 e. The molecular weight excluding hydrogens is 246 g/mol. The van der Waals surface area contributed by atoms with Crippen molar-refractivity contribution in [3.8, 4) is 0 Å². The van der Waals surface area contributed by atoms with E-state index in [2.05, 4.69) is 20.3 Å². The first-order valence-electron chi connectivity index (χ1n) is 7.00. The van der Waals surface area contributed by atoms with Crippen molar-refractivity contribution in [1.29, 1.82) is 0 Å². The molecule has 1 aliphatic carbocycles. The second-order valence-corrected chi connectivity index (χ2v) is 5.42. The zero-order chi connectivity index (χ0) is 13.7. The van der Waals surface area contributed by atoms with Crippen molar-refractivity contribution in [2.24, 2.45) is 0 Å². The van der Waals surface area contributed by atoms with Crippen LogP contribution in [0.25, 0.3) is 0 Å². The lowest BCUT2D eigenvalue weighted by Crippen LogP contribution is -2.63. The third-order valence-corrected chi connectivity index (χ3v) is 4.23. The Hall–Kier alpha value is -1.14. The van der Waals surface area contributed by atoms with E-state index in [0.29, 0.717) is 0 Å². The van der Waals surface area contributed by atoms with Crippen LogP contribution in [0.15, 0.2) is 0 Å². The molecule has 0 bridgehead atoms. The number of carbonyl (C=O) groups is 2. The predicted octanol–water partition coefficient (Wildman–Crippen LogP) is 0.477. The highest BCUT2D eigenvalue weighted by atomic mass is 16.5.